The molecule has 0 aliphatic carbocycles. The first-order valence-electron chi connectivity index (χ1n) is 5.02. The molecule has 0 aliphatic rings. The highest BCUT2D eigenvalue weighted by Crippen LogP contribution is 2.44. The molecule has 0 heterocycles. The Morgan fingerprint density at radius 3 is 1.94 bits per heavy atom. The number of hydrogen-bond donors (Lipinski definition) is 3. The average Bonchev–Trinajstić information content (AvgIpc) is 2.16. The molecule has 0 radical (unpaired) electrons. The minimum Gasteiger partial charge on any atom is -0.303 e. The lowest BCUT2D eigenvalue weighted by molar-refractivity contribution is 0.103. The first kappa shape index (κ1) is 17.2. The summed E-state index contributed by atoms with van der Waals surface area (Å²) < 4.78 is 35.0. The molecule has 104 valence electrons. The van der Waals surface area contributed by atoms with Crippen LogP contribution in [0.3, 0.4) is 0 Å². The van der Waals surface area contributed by atoms with Crippen molar-refractivity contribution < 1.29 is 37.4 Å². The van der Waals surface area contributed by atoms with Crippen molar-refractivity contribution in [3.05, 3.63) is 0 Å². The lowest BCUT2D eigenvalue weighted by Crippen LogP contribution is -2.14. The van der Waals surface area contributed by atoms with Crippen molar-refractivity contribution in [1.29, 1.82) is 0 Å². The molecule has 0 aromatic rings. The van der Waals surface area contributed by atoms with Gasteiger partial charge in [0.2, 0.25) is 0 Å². The second kappa shape index (κ2) is 7.61. The topological polar surface area (TPSA) is 123 Å². The molecule has 2 atom stereocenters. The summed E-state index contributed by atoms with van der Waals surface area (Å²) in [5.41, 5.74) is 0. The summed E-state index contributed by atoms with van der Waals surface area (Å²) in [5.74, 6) is -0.399. The Labute approximate surface area is 99.8 Å². The van der Waals surface area contributed by atoms with Gasteiger partial charge in [-0.05, 0) is 13.3 Å². The molecule has 0 amide bonds. The summed E-state index contributed by atoms with van der Waals surface area (Å²) >= 11 is 0. The minimum absolute atomic E-state index is 0.0313. The molecule has 0 aliphatic heterocycles. The fourth-order valence-electron chi connectivity index (χ4n) is 0.886. The highest BCUT2D eigenvalue weighted by atomic mass is 31.2. The van der Waals surface area contributed by atoms with E-state index in [4.69, 9.17) is 14.7 Å². The van der Waals surface area contributed by atoms with Crippen molar-refractivity contribution >= 4 is 15.6 Å². The first-order chi connectivity index (χ1) is 7.70. The second-order valence-electron chi connectivity index (χ2n) is 3.24. The molecule has 3 N–H and O–H groups in total. The molecule has 10 heteroatoms. The first-order valence-corrected chi connectivity index (χ1v) is 8.04. The van der Waals surface area contributed by atoms with Crippen LogP contribution in [0.4, 0.5) is 0 Å². The van der Waals surface area contributed by atoms with Gasteiger partial charge in [-0.1, -0.05) is 6.92 Å². The van der Waals surface area contributed by atoms with Gasteiger partial charge in [-0.3, -0.25) is 13.6 Å². The van der Waals surface area contributed by atoms with Gasteiger partial charge in [-0.2, -0.15) is 0 Å². The standard InChI is InChI=1S/C7H18O8P2/c1-3-7(5-14-16(8,9)10)6-15-17(11,12)13-4-2/h7H,3-6H2,1-2H3,(H,11,12)(H2,8,9,10). The largest absolute Gasteiger partial charge is 0.472 e. The van der Waals surface area contributed by atoms with Crippen molar-refractivity contribution in [1.82, 2.24) is 0 Å². The van der Waals surface area contributed by atoms with Crippen molar-refractivity contribution in [2.75, 3.05) is 19.8 Å². The van der Waals surface area contributed by atoms with Gasteiger partial charge < -0.3 is 14.7 Å². The van der Waals surface area contributed by atoms with Crippen molar-refractivity contribution in [2.24, 2.45) is 5.92 Å². The van der Waals surface area contributed by atoms with Crippen LogP contribution in [0, 0.1) is 5.92 Å². The smallest absolute Gasteiger partial charge is 0.303 e. The monoisotopic (exact) mass is 292 g/mol. The maximum Gasteiger partial charge on any atom is 0.472 e. The number of hydrogen-bond acceptors (Lipinski definition) is 5. The normalized spacial score (nSPS) is 17.7. The Hall–Kier alpha value is 0.220. The highest BCUT2D eigenvalue weighted by molar-refractivity contribution is 7.47. The van der Waals surface area contributed by atoms with E-state index in [1.54, 1.807) is 13.8 Å². The molecule has 17 heavy (non-hydrogen) atoms. The van der Waals surface area contributed by atoms with E-state index in [0.717, 1.165) is 0 Å². The highest BCUT2D eigenvalue weighted by Gasteiger charge is 2.23. The third kappa shape index (κ3) is 9.88. The van der Waals surface area contributed by atoms with Crippen LogP contribution in [0.15, 0.2) is 0 Å². The molecule has 0 rings (SSSR count). The Morgan fingerprint density at radius 2 is 1.53 bits per heavy atom. The zero-order valence-corrected chi connectivity index (χ0v) is 11.5. The van der Waals surface area contributed by atoms with Gasteiger partial charge in [0.05, 0.1) is 19.8 Å². The van der Waals surface area contributed by atoms with Gasteiger partial charge in [0.15, 0.2) is 0 Å². The van der Waals surface area contributed by atoms with E-state index in [2.05, 4.69) is 13.6 Å². The second-order valence-corrected chi connectivity index (χ2v) is 5.94. The van der Waals surface area contributed by atoms with Crippen LogP contribution in [0.2, 0.25) is 0 Å². The summed E-state index contributed by atoms with van der Waals surface area (Å²) in [4.78, 5) is 26.1. The van der Waals surface area contributed by atoms with Crippen LogP contribution in [0.5, 0.6) is 0 Å². The summed E-state index contributed by atoms with van der Waals surface area (Å²) in [6.45, 7) is 2.88. The van der Waals surface area contributed by atoms with E-state index in [9.17, 15) is 9.13 Å². The number of phosphoric ester groups is 2. The van der Waals surface area contributed by atoms with Crippen molar-refractivity contribution in [3.63, 3.8) is 0 Å². The SMILES string of the molecule is CCOP(=O)(O)OCC(CC)COP(=O)(O)O. The van der Waals surface area contributed by atoms with Crippen molar-refractivity contribution in [2.45, 2.75) is 20.3 Å². The molecule has 8 nitrogen and oxygen atoms in total. The number of rotatable bonds is 9. The van der Waals surface area contributed by atoms with Gasteiger partial charge in [-0.15, -0.1) is 0 Å². The van der Waals surface area contributed by atoms with Crippen LogP contribution in [0.1, 0.15) is 20.3 Å². The van der Waals surface area contributed by atoms with E-state index >= 15 is 0 Å². The Bertz CT molecular complexity index is 300. The third-order valence-corrected chi connectivity index (χ3v) is 3.37. The van der Waals surface area contributed by atoms with E-state index in [0.29, 0.717) is 6.42 Å². The lowest BCUT2D eigenvalue weighted by atomic mass is 10.1. The molecule has 0 fully saturated rings. The average molecular weight is 292 g/mol. The maximum atomic E-state index is 11.2. The van der Waals surface area contributed by atoms with Crippen LogP contribution in [-0.2, 0) is 22.7 Å². The fourth-order valence-corrected chi connectivity index (χ4v) is 2.09. The number of phosphoric acid groups is 2. The summed E-state index contributed by atoms with van der Waals surface area (Å²) in [5, 5.41) is 0. The molecule has 0 aromatic heterocycles. The minimum atomic E-state index is -4.53. The predicted octanol–water partition coefficient (Wildman–Crippen LogP) is 1.28. The Morgan fingerprint density at radius 1 is 1.00 bits per heavy atom. The molecule has 0 aromatic carbocycles. The van der Waals surface area contributed by atoms with Crippen LogP contribution in [0.25, 0.3) is 0 Å². The molecule has 0 saturated carbocycles. The van der Waals surface area contributed by atoms with E-state index in [1.165, 1.54) is 0 Å². The Kier molecular flexibility index (Phi) is 7.71. The molecule has 0 spiro atoms. The zero-order valence-electron chi connectivity index (χ0n) is 9.68. The molecule has 0 saturated heterocycles. The van der Waals surface area contributed by atoms with E-state index < -0.39 is 21.6 Å². The molecule has 0 bridgehead atoms. The Balaban J connectivity index is 4.06. The van der Waals surface area contributed by atoms with Crippen LogP contribution >= 0.6 is 15.6 Å². The quantitative estimate of drug-likeness (QED) is 0.543. The molecular formula is C7H18O8P2. The summed E-state index contributed by atoms with van der Waals surface area (Å²) in [7, 11) is -8.60. The predicted molar refractivity (Wildman–Crippen MR) is 59.2 cm³/mol. The zero-order chi connectivity index (χ0) is 13.5. The maximum absolute atomic E-state index is 11.2. The van der Waals surface area contributed by atoms with Gasteiger partial charge in [0, 0.05) is 5.92 Å². The lowest BCUT2D eigenvalue weighted by Gasteiger charge is -2.17. The van der Waals surface area contributed by atoms with Gasteiger partial charge in [-0.25, -0.2) is 9.13 Å². The van der Waals surface area contributed by atoms with Gasteiger partial charge >= 0.3 is 15.6 Å². The molecule has 2 unspecified atom stereocenters. The van der Waals surface area contributed by atoms with Crippen molar-refractivity contribution in [3.8, 4) is 0 Å². The summed E-state index contributed by atoms with van der Waals surface area (Å²) in [6, 6.07) is 0. The van der Waals surface area contributed by atoms with E-state index in [1.807, 2.05) is 0 Å². The van der Waals surface area contributed by atoms with Crippen LogP contribution in [-0.4, -0.2) is 34.5 Å². The van der Waals surface area contributed by atoms with Crippen LogP contribution < -0.4 is 0 Å². The third-order valence-electron chi connectivity index (χ3n) is 1.82. The fraction of sp³-hybridized carbons (Fsp3) is 1.00. The molecular weight excluding hydrogens is 274 g/mol. The summed E-state index contributed by atoms with van der Waals surface area (Å²) in [6.07, 6.45) is 0.478. The van der Waals surface area contributed by atoms with E-state index in [-0.39, 0.29) is 19.8 Å². The van der Waals surface area contributed by atoms with Gasteiger partial charge in [0.25, 0.3) is 0 Å². The van der Waals surface area contributed by atoms with Gasteiger partial charge in [0.1, 0.15) is 0 Å².